The van der Waals surface area contributed by atoms with Crippen molar-refractivity contribution >= 4 is 39.7 Å². The van der Waals surface area contributed by atoms with E-state index in [0.717, 1.165) is 22.1 Å². The predicted octanol–water partition coefficient (Wildman–Crippen LogP) is 6.41. The first-order valence-electron chi connectivity index (χ1n) is 12.8. The van der Waals surface area contributed by atoms with E-state index in [1.54, 1.807) is 24.3 Å². The lowest BCUT2D eigenvalue weighted by molar-refractivity contribution is -0.141. The summed E-state index contributed by atoms with van der Waals surface area (Å²) in [5, 5.41) is 26.5. The second-order valence-electron chi connectivity index (χ2n) is 9.86. The van der Waals surface area contributed by atoms with Crippen LogP contribution >= 0.6 is 23.1 Å². The predicted molar refractivity (Wildman–Crippen MR) is 160 cm³/mol. The van der Waals surface area contributed by atoms with Gasteiger partial charge in [0.1, 0.15) is 47.0 Å². The Hall–Kier alpha value is -4.13. The second-order valence-corrected chi connectivity index (χ2v) is 11.7. The Labute approximate surface area is 246 Å². The number of rotatable bonds is 9. The molecule has 2 aromatic carbocycles. The molecule has 1 atom stereocenters. The van der Waals surface area contributed by atoms with Crippen molar-refractivity contribution in [3.05, 3.63) is 76.3 Å². The van der Waals surface area contributed by atoms with E-state index in [4.69, 9.17) is 19.9 Å². The zero-order valence-corrected chi connectivity index (χ0v) is 24.4. The molecule has 0 saturated carbocycles. The van der Waals surface area contributed by atoms with E-state index in [2.05, 4.69) is 33.5 Å². The van der Waals surface area contributed by atoms with Crippen molar-refractivity contribution < 1.29 is 14.2 Å². The highest BCUT2D eigenvalue weighted by molar-refractivity contribution is 7.98. The zero-order chi connectivity index (χ0) is 29.0. The van der Waals surface area contributed by atoms with Gasteiger partial charge in [-0.1, -0.05) is 36.0 Å². The molecule has 2 aromatic heterocycles. The monoisotopic (exact) mass is 584 g/mol. The lowest BCUT2D eigenvalue weighted by Gasteiger charge is -2.17. The van der Waals surface area contributed by atoms with Crippen LogP contribution in [-0.2, 0) is 15.2 Å². The fourth-order valence-corrected chi connectivity index (χ4v) is 6.09. The van der Waals surface area contributed by atoms with Gasteiger partial charge < -0.3 is 25.3 Å². The third kappa shape index (κ3) is 6.79. The van der Waals surface area contributed by atoms with Gasteiger partial charge in [-0.25, -0.2) is 9.97 Å². The maximum atomic E-state index is 10.1. The summed E-state index contributed by atoms with van der Waals surface area (Å²) in [5.74, 6) is 0.574. The summed E-state index contributed by atoms with van der Waals surface area (Å²) in [6.45, 7) is 6.58. The summed E-state index contributed by atoms with van der Waals surface area (Å²) in [6, 6.07) is 19.6. The molecule has 41 heavy (non-hydrogen) atoms. The summed E-state index contributed by atoms with van der Waals surface area (Å²) < 4.78 is 17.2. The number of thioether (sulfide) groups is 1. The van der Waals surface area contributed by atoms with Crippen molar-refractivity contribution in [1.82, 2.24) is 9.97 Å². The molecule has 0 radical (unpaired) electrons. The Kier molecular flexibility index (Phi) is 8.43. The van der Waals surface area contributed by atoms with Crippen LogP contribution in [0.1, 0.15) is 36.2 Å². The first-order valence-corrected chi connectivity index (χ1v) is 14.7. The number of nitrogens with zero attached hydrogens (tertiary/aromatic N) is 4. The Morgan fingerprint density at radius 3 is 2.61 bits per heavy atom. The highest BCUT2D eigenvalue weighted by Gasteiger charge is 2.33. The minimum Gasteiger partial charge on any atom is -0.491 e. The van der Waals surface area contributed by atoms with Gasteiger partial charge in [-0.15, -0.1) is 11.3 Å². The van der Waals surface area contributed by atoms with Crippen molar-refractivity contribution in [3.8, 4) is 29.0 Å². The van der Waals surface area contributed by atoms with Crippen LogP contribution in [0.2, 0.25) is 0 Å². The van der Waals surface area contributed by atoms with E-state index in [1.807, 2.05) is 44.4 Å². The van der Waals surface area contributed by atoms with Gasteiger partial charge in [-0.05, 0) is 56.2 Å². The normalized spacial score (nSPS) is 15.7. The topological polar surface area (TPSA) is 139 Å². The maximum Gasteiger partial charge on any atom is 0.187 e. The average Bonchev–Trinajstić information content (AvgIpc) is 3.55. The molecule has 4 aromatic rings. The SMILES string of the molecule is Cc1cccc(Nc2nc(CSc3nc(N)c(C#N)c(-c4ccc(OC[C@@H]5COC(C)(C)O5)cc4)c3C#N)cs2)c1. The fraction of sp³-hybridized carbons (Fsp3) is 0.267. The van der Waals surface area contributed by atoms with Crippen molar-refractivity contribution in [1.29, 1.82) is 10.5 Å². The number of nitrogen functional groups attached to an aromatic ring is 1. The number of hydrogen-bond donors (Lipinski definition) is 2. The molecule has 0 bridgehead atoms. The zero-order valence-electron chi connectivity index (χ0n) is 22.8. The van der Waals surface area contributed by atoms with Gasteiger partial charge in [0.15, 0.2) is 10.9 Å². The van der Waals surface area contributed by atoms with Gasteiger partial charge in [0.25, 0.3) is 0 Å². The van der Waals surface area contributed by atoms with E-state index >= 15 is 0 Å². The molecule has 1 aliphatic heterocycles. The first-order chi connectivity index (χ1) is 19.7. The third-order valence-corrected chi connectivity index (χ3v) is 8.06. The Morgan fingerprint density at radius 1 is 1.15 bits per heavy atom. The summed E-state index contributed by atoms with van der Waals surface area (Å²) in [6.07, 6.45) is -0.160. The van der Waals surface area contributed by atoms with Crippen molar-refractivity contribution in [2.75, 3.05) is 24.3 Å². The molecule has 1 saturated heterocycles. The molecule has 3 N–H and O–H groups in total. The number of aromatic nitrogens is 2. The largest absolute Gasteiger partial charge is 0.491 e. The van der Waals surface area contributed by atoms with Gasteiger partial charge in [-0.2, -0.15) is 10.5 Å². The second kappa shape index (κ2) is 12.2. The number of benzene rings is 2. The van der Waals surface area contributed by atoms with E-state index in [9.17, 15) is 10.5 Å². The standard InChI is InChI=1S/C30H28N6O3S2/c1-18-5-4-6-20(11-18)34-29-35-21(17-41-29)16-40-28-25(13-32)26(24(12-31)27(33)36-28)19-7-9-22(10-8-19)37-14-23-15-38-30(2,3)39-23/h4-11,17,23H,14-16H2,1-3H3,(H2,33,36)(H,34,35)/t23-/m1/s1. The van der Waals surface area contributed by atoms with Gasteiger partial charge in [0, 0.05) is 22.4 Å². The van der Waals surface area contributed by atoms with Crippen LogP contribution < -0.4 is 15.8 Å². The number of aryl methyl sites for hydroxylation is 1. The Balaban J connectivity index is 1.32. The third-order valence-electron chi connectivity index (χ3n) is 6.24. The number of anilines is 3. The molecular formula is C30H28N6O3S2. The van der Waals surface area contributed by atoms with Crippen LogP contribution in [0.4, 0.5) is 16.6 Å². The minimum absolute atomic E-state index is 0.0744. The van der Waals surface area contributed by atoms with Crippen LogP contribution in [-0.4, -0.2) is 35.1 Å². The number of pyridine rings is 1. The van der Waals surface area contributed by atoms with Gasteiger partial charge in [0.05, 0.1) is 17.9 Å². The first kappa shape index (κ1) is 28.4. The molecule has 5 rings (SSSR count). The van der Waals surface area contributed by atoms with Crippen molar-refractivity contribution in [2.24, 2.45) is 0 Å². The lowest BCUT2D eigenvalue weighted by Crippen LogP contribution is -2.25. The average molecular weight is 585 g/mol. The summed E-state index contributed by atoms with van der Waals surface area (Å²) in [4.78, 5) is 9.08. The lowest BCUT2D eigenvalue weighted by atomic mass is 9.97. The van der Waals surface area contributed by atoms with Crippen LogP contribution in [0.15, 0.2) is 58.9 Å². The molecule has 0 unspecified atom stereocenters. The van der Waals surface area contributed by atoms with Gasteiger partial charge in [0.2, 0.25) is 0 Å². The van der Waals surface area contributed by atoms with E-state index in [0.29, 0.717) is 46.4 Å². The number of nitrogens with one attached hydrogen (secondary N) is 1. The number of ether oxygens (including phenoxy) is 3. The molecule has 0 aliphatic carbocycles. The van der Waals surface area contributed by atoms with E-state index in [-0.39, 0.29) is 17.5 Å². The smallest absolute Gasteiger partial charge is 0.187 e. The summed E-state index contributed by atoms with van der Waals surface area (Å²) >= 11 is 2.86. The number of hydrogen-bond acceptors (Lipinski definition) is 11. The molecule has 1 fully saturated rings. The molecule has 0 amide bonds. The highest BCUT2D eigenvalue weighted by Crippen LogP contribution is 2.37. The number of thiazole rings is 1. The van der Waals surface area contributed by atoms with Crippen LogP contribution in [0.3, 0.4) is 0 Å². The van der Waals surface area contributed by atoms with Crippen LogP contribution in [0.25, 0.3) is 11.1 Å². The molecule has 0 spiro atoms. The van der Waals surface area contributed by atoms with Crippen molar-refractivity contribution in [3.63, 3.8) is 0 Å². The molecule has 9 nitrogen and oxygen atoms in total. The van der Waals surface area contributed by atoms with Gasteiger partial charge in [-0.3, -0.25) is 0 Å². The minimum atomic E-state index is -0.615. The quantitative estimate of drug-likeness (QED) is 0.212. The maximum absolute atomic E-state index is 10.1. The van der Waals surface area contributed by atoms with Gasteiger partial charge >= 0.3 is 0 Å². The fourth-order valence-electron chi connectivity index (χ4n) is 4.36. The molecule has 208 valence electrons. The molecule has 11 heteroatoms. The Morgan fingerprint density at radius 2 is 1.93 bits per heavy atom. The molecular weight excluding hydrogens is 557 g/mol. The molecule has 1 aliphatic rings. The van der Waals surface area contributed by atoms with E-state index in [1.165, 1.54) is 23.1 Å². The highest BCUT2D eigenvalue weighted by atomic mass is 32.2. The van der Waals surface area contributed by atoms with Crippen LogP contribution in [0.5, 0.6) is 5.75 Å². The molecule has 3 heterocycles. The van der Waals surface area contributed by atoms with Crippen LogP contribution in [0, 0.1) is 29.6 Å². The van der Waals surface area contributed by atoms with Crippen molar-refractivity contribution in [2.45, 2.75) is 43.4 Å². The summed E-state index contributed by atoms with van der Waals surface area (Å²) in [7, 11) is 0. The summed E-state index contributed by atoms with van der Waals surface area (Å²) in [5.41, 5.74) is 10.7. The Bertz CT molecular complexity index is 1640. The van der Waals surface area contributed by atoms with E-state index < -0.39 is 5.79 Å². The number of nitriles is 2. The number of nitrogens with two attached hydrogens (primary N) is 1.